The first-order chi connectivity index (χ1) is 12.8. The van der Waals surface area contributed by atoms with Crippen molar-refractivity contribution in [1.82, 2.24) is 0 Å². The number of fused-ring (bicyclic) bond motifs is 6. The number of allylic oxidation sites excluding steroid dienone is 2. The first-order valence-corrected chi connectivity index (χ1v) is 9.83. The third-order valence-electron chi connectivity index (χ3n) is 5.08. The average molecular weight is 439 g/mol. The normalized spacial score (nSPS) is 17.4. The smallest absolute Gasteiger partial charge is 0.0870 e. The van der Waals surface area contributed by atoms with Gasteiger partial charge in [-0.1, -0.05) is 48.5 Å². The van der Waals surface area contributed by atoms with Gasteiger partial charge in [-0.05, 0) is 63.7 Å². The van der Waals surface area contributed by atoms with Crippen LogP contribution in [0.1, 0.15) is 37.1 Å². The maximum absolute atomic E-state index is 5.73. The van der Waals surface area contributed by atoms with Gasteiger partial charge in [-0.15, -0.1) is 32.0 Å². The van der Waals surface area contributed by atoms with Crippen LogP contribution in [0.3, 0.4) is 0 Å². The van der Waals surface area contributed by atoms with E-state index in [-0.39, 0.29) is 22.6 Å². The first-order valence-electron chi connectivity index (χ1n) is 9.16. The van der Waals surface area contributed by atoms with Crippen molar-refractivity contribution in [3.05, 3.63) is 83.3 Å². The lowest BCUT2D eigenvalue weighted by Crippen LogP contribution is -2.09. The molecule has 2 unspecified atom stereocenters. The summed E-state index contributed by atoms with van der Waals surface area (Å²) < 4.78 is 5.73. The molecule has 0 bridgehead atoms. The van der Waals surface area contributed by atoms with Crippen molar-refractivity contribution < 1.29 is 4.74 Å². The number of benzene rings is 3. The molecule has 0 aliphatic heterocycles. The van der Waals surface area contributed by atoms with Gasteiger partial charge in [0.1, 0.15) is 0 Å². The van der Waals surface area contributed by atoms with Gasteiger partial charge in [0.2, 0.25) is 0 Å². The second kappa shape index (κ2) is 8.44. The molecule has 3 aromatic rings. The van der Waals surface area contributed by atoms with Gasteiger partial charge in [0.05, 0.1) is 12.9 Å². The van der Waals surface area contributed by atoms with Gasteiger partial charge >= 0.3 is 0 Å². The third kappa shape index (κ3) is 3.39. The summed E-state index contributed by atoms with van der Waals surface area (Å²) in [5.41, 5.74) is 8.95. The fourth-order valence-corrected chi connectivity index (χ4v) is 4.59. The summed E-state index contributed by atoms with van der Waals surface area (Å²) >= 11 is 0. The average Bonchev–Trinajstić information content (AvgIpc) is 2.68. The van der Waals surface area contributed by atoms with E-state index in [1.807, 2.05) is 26.2 Å². The van der Waals surface area contributed by atoms with E-state index in [1.54, 1.807) is 0 Å². The molecule has 0 aromatic heterocycles. The summed E-state index contributed by atoms with van der Waals surface area (Å²) in [6, 6.07) is 17.5. The van der Waals surface area contributed by atoms with Crippen molar-refractivity contribution in [2.45, 2.75) is 25.9 Å². The molecule has 4 rings (SSSR count). The van der Waals surface area contributed by atoms with Crippen molar-refractivity contribution in [2.75, 3.05) is 6.61 Å². The van der Waals surface area contributed by atoms with Crippen molar-refractivity contribution >= 4 is 53.3 Å². The Kier molecular flexibility index (Phi) is 6.22. The Labute approximate surface area is 173 Å². The summed E-state index contributed by atoms with van der Waals surface area (Å²) in [6.45, 7) is 4.74. The quantitative estimate of drug-likeness (QED) is 0.175. The Morgan fingerprint density at radius 2 is 1.63 bits per heavy atom. The molecule has 0 amide bonds. The highest BCUT2D eigenvalue weighted by Gasteiger charge is 2.29. The molecule has 0 heterocycles. The molecule has 0 saturated carbocycles. The van der Waals surface area contributed by atoms with Crippen molar-refractivity contribution in [3.8, 4) is 0 Å². The molecule has 2 atom stereocenters. The molecule has 3 heteroatoms. The highest BCUT2D eigenvalue weighted by molar-refractivity contribution is 8.93. The van der Waals surface area contributed by atoms with Crippen LogP contribution < -0.4 is 0 Å². The Morgan fingerprint density at radius 1 is 1.04 bits per heavy atom. The Hall–Kier alpha value is -1.85. The summed E-state index contributed by atoms with van der Waals surface area (Å²) in [6.07, 6.45) is 4.83. The highest BCUT2D eigenvalue weighted by atomic mass is 79.9. The monoisotopic (exact) mass is 438 g/mol. The van der Waals surface area contributed by atoms with Crippen LogP contribution in [-0.4, -0.2) is 6.61 Å². The van der Waals surface area contributed by atoms with Crippen LogP contribution in [0.5, 0.6) is 0 Å². The molecule has 138 valence electrons. The molecule has 0 spiro atoms. The van der Waals surface area contributed by atoms with Gasteiger partial charge in [0.15, 0.2) is 0 Å². The van der Waals surface area contributed by atoms with Gasteiger partial charge in [0, 0.05) is 12.1 Å². The van der Waals surface area contributed by atoms with Crippen LogP contribution in [0.15, 0.2) is 72.2 Å². The Morgan fingerprint density at radius 3 is 2.26 bits per heavy atom. The second-order valence-corrected chi connectivity index (χ2v) is 7.26. The zero-order chi connectivity index (χ0) is 18.1. The SMILES string of the molecule is Br.CC=C=C1CC(=COCC)c2c(c3ccccc3c3ccccc23)C1P. The minimum atomic E-state index is 0. The summed E-state index contributed by atoms with van der Waals surface area (Å²) in [4.78, 5) is 0. The van der Waals surface area contributed by atoms with Crippen LogP contribution in [-0.2, 0) is 4.74 Å². The first kappa shape index (κ1) is 19.9. The summed E-state index contributed by atoms with van der Waals surface area (Å²) in [5, 5.41) is 5.24. The number of halogens is 1. The molecule has 27 heavy (non-hydrogen) atoms. The predicted octanol–water partition coefficient (Wildman–Crippen LogP) is 7.37. The Balaban J connectivity index is 0.00000210. The second-order valence-electron chi connectivity index (χ2n) is 6.59. The van der Waals surface area contributed by atoms with Gasteiger partial charge in [-0.25, -0.2) is 0 Å². The van der Waals surface area contributed by atoms with E-state index >= 15 is 0 Å². The topological polar surface area (TPSA) is 9.23 Å². The lowest BCUT2D eigenvalue weighted by molar-refractivity contribution is 0.270. The summed E-state index contributed by atoms with van der Waals surface area (Å²) in [5.74, 6) is 0. The van der Waals surface area contributed by atoms with E-state index in [2.05, 4.69) is 63.5 Å². The van der Waals surface area contributed by atoms with Gasteiger partial charge < -0.3 is 4.74 Å². The fourth-order valence-electron chi connectivity index (χ4n) is 4.03. The van der Waals surface area contributed by atoms with Crippen LogP contribution in [0.4, 0.5) is 0 Å². The molecule has 0 N–H and O–H groups in total. The zero-order valence-electron chi connectivity index (χ0n) is 15.7. The minimum absolute atomic E-state index is 0. The number of hydrogen-bond donors (Lipinski definition) is 0. The van der Waals surface area contributed by atoms with Crippen molar-refractivity contribution in [3.63, 3.8) is 0 Å². The van der Waals surface area contributed by atoms with Gasteiger partial charge in [-0.3, -0.25) is 0 Å². The van der Waals surface area contributed by atoms with E-state index in [1.165, 1.54) is 43.8 Å². The van der Waals surface area contributed by atoms with Gasteiger partial charge in [-0.2, -0.15) is 0 Å². The van der Waals surface area contributed by atoms with Crippen LogP contribution >= 0.6 is 26.2 Å². The molecule has 0 radical (unpaired) electrons. The number of rotatable bonds is 2. The maximum Gasteiger partial charge on any atom is 0.0870 e. The standard InChI is InChI=1S/C24H23OP.BrH/c1-3-9-16-14-17(15-25-4-2)22-20-12-7-5-10-18(20)19-11-6-8-13-21(19)23(22)24(16)26;/h3,5-8,10-13,15,24H,4,14,26H2,1-2H3;1H. The Bertz CT molecular complexity index is 1090. The molecule has 1 aliphatic rings. The largest absolute Gasteiger partial charge is 0.501 e. The molecule has 3 aromatic carbocycles. The summed E-state index contributed by atoms with van der Waals surface area (Å²) in [7, 11) is 3.05. The third-order valence-corrected chi connectivity index (χ3v) is 5.82. The molecular formula is C24H24BrOP. The van der Waals surface area contributed by atoms with Crippen LogP contribution in [0, 0.1) is 0 Å². The van der Waals surface area contributed by atoms with E-state index < -0.39 is 0 Å². The van der Waals surface area contributed by atoms with Crippen LogP contribution in [0.25, 0.3) is 27.1 Å². The predicted molar refractivity (Wildman–Crippen MR) is 126 cm³/mol. The fraction of sp³-hybridized carbons (Fsp3) is 0.208. The van der Waals surface area contributed by atoms with E-state index in [9.17, 15) is 0 Å². The van der Waals surface area contributed by atoms with Crippen molar-refractivity contribution in [1.29, 1.82) is 0 Å². The van der Waals surface area contributed by atoms with E-state index in [0.29, 0.717) is 6.61 Å². The zero-order valence-corrected chi connectivity index (χ0v) is 18.5. The molecule has 1 nitrogen and oxygen atoms in total. The lowest BCUT2D eigenvalue weighted by atomic mass is 9.78. The minimum Gasteiger partial charge on any atom is -0.501 e. The molecular weight excluding hydrogens is 415 g/mol. The maximum atomic E-state index is 5.73. The van der Waals surface area contributed by atoms with Gasteiger partial charge in [0.25, 0.3) is 0 Å². The molecule has 0 fully saturated rings. The number of ether oxygens (including phenoxy) is 1. The van der Waals surface area contributed by atoms with E-state index in [4.69, 9.17) is 4.74 Å². The van der Waals surface area contributed by atoms with Crippen LogP contribution in [0.2, 0.25) is 0 Å². The highest BCUT2D eigenvalue weighted by Crippen LogP contribution is 2.50. The molecule has 0 saturated heterocycles. The number of hydrogen-bond acceptors (Lipinski definition) is 1. The molecule has 1 aliphatic carbocycles. The van der Waals surface area contributed by atoms with E-state index in [0.717, 1.165) is 6.42 Å². The lowest BCUT2D eigenvalue weighted by Gasteiger charge is -2.29. The van der Waals surface area contributed by atoms with Crippen molar-refractivity contribution in [2.24, 2.45) is 0 Å².